The molecule has 1 aliphatic heterocycles. The third-order valence-electron chi connectivity index (χ3n) is 12.1. The van der Waals surface area contributed by atoms with E-state index in [0.29, 0.717) is 44.0 Å². The molecule has 6 nitrogen and oxygen atoms in total. The number of carbonyl (C=O) groups is 2. The highest BCUT2D eigenvalue weighted by molar-refractivity contribution is 5.70. The van der Waals surface area contributed by atoms with E-state index in [1.807, 2.05) is 0 Å². The van der Waals surface area contributed by atoms with Crippen LogP contribution in [0.3, 0.4) is 0 Å². The molecule has 1 rings (SSSR count). The second-order valence-electron chi connectivity index (χ2n) is 17.4. The van der Waals surface area contributed by atoms with Crippen LogP contribution in [0.4, 0.5) is 0 Å². The summed E-state index contributed by atoms with van der Waals surface area (Å²) in [7, 11) is 0. The van der Waals surface area contributed by atoms with Crippen LogP contribution in [0.5, 0.6) is 0 Å². The van der Waals surface area contributed by atoms with E-state index in [4.69, 9.17) is 14.2 Å². The Hall–Kier alpha value is -1.14. The second kappa shape index (κ2) is 39.7. The second-order valence-corrected chi connectivity index (χ2v) is 17.4. The molecule has 55 heavy (non-hydrogen) atoms. The summed E-state index contributed by atoms with van der Waals surface area (Å²) in [5, 5.41) is 0. The minimum absolute atomic E-state index is 0.0288. The lowest BCUT2D eigenvalue weighted by molar-refractivity contribution is -0.146. The predicted octanol–water partition coefficient (Wildman–Crippen LogP) is 14.3. The van der Waals surface area contributed by atoms with Gasteiger partial charge in [0.2, 0.25) is 0 Å². The Labute approximate surface area is 343 Å². The molecule has 0 N–H and O–H groups in total. The Morgan fingerprint density at radius 2 is 0.782 bits per heavy atom. The van der Waals surface area contributed by atoms with Gasteiger partial charge in [-0.25, -0.2) is 0 Å². The molecule has 0 bridgehead atoms. The van der Waals surface area contributed by atoms with Crippen molar-refractivity contribution < 1.29 is 23.8 Å². The SMILES string of the molecule is CCCCCC(CCCCC)CC(=O)OCCCCCCCCC(CCCCCCCCOC(=O)CC(CCCCC)CCCCC)OCCN1CCCC1. The average Bonchev–Trinajstić information content (AvgIpc) is 3.70. The number of esters is 2. The summed E-state index contributed by atoms with van der Waals surface area (Å²) in [4.78, 5) is 27.6. The molecule has 1 aliphatic rings. The van der Waals surface area contributed by atoms with Gasteiger partial charge < -0.3 is 19.1 Å². The van der Waals surface area contributed by atoms with Gasteiger partial charge in [-0.3, -0.25) is 9.59 Å². The van der Waals surface area contributed by atoms with Crippen molar-refractivity contribution in [3.8, 4) is 0 Å². The zero-order chi connectivity index (χ0) is 39.9. The van der Waals surface area contributed by atoms with Gasteiger partial charge in [-0.1, -0.05) is 169 Å². The molecule has 0 radical (unpaired) electrons. The number of nitrogens with zero attached hydrogens (tertiary/aromatic N) is 1. The summed E-state index contributed by atoms with van der Waals surface area (Å²) in [6.45, 7) is 14.6. The van der Waals surface area contributed by atoms with E-state index in [0.717, 1.165) is 38.8 Å². The lowest BCUT2D eigenvalue weighted by atomic mass is 9.92. The van der Waals surface area contributed by atoms with Crippen LogP contribution in [-0.2, 0) is 23.8 Å². The van der Waals surface area contributed by atoms with E-state index in [9.17, 15) is 9.59 Å². The van der Waals surface area contributed by atoms with Crippen LogP contribution in [0, 0.1) is 11.8 Å². The molecule has 0 spiro atoms. The van der Waals surface area contributed by atoms with Gasteiger partial charge in [-0.05, 0) is 89.1 Å². The van der Waals surface area contributed by atoms with Crippen LogP contribution in [0.25, 0.3) is 0 Å². The van der Waals surface area contributed by atoms with E-state index >= 15 is 0 Å². The van der Waals surface area contributed by atoms with Crippen LogP contribution in [0.2, 0.25) is 0 Å². The Bertz CT molecular complexity index is 754. The minimum atomic E-state index is 0.0288. The Kier molecular flexibility index (Phi) is 37.4. The molecular weight excluding hydrogens is 683 g/mol. The maximum atomic E-state index is 12.5. The topological polar surface area (TPSA) is 65.1 Å². The molecular formula is C49H95NO5. The fourth-order valence-corrected chi connectivity index (χ4v) is 8.42. The van der Waals surface area contributed by atoms with Crippen molar-refractivity contribution in [2.45, 2.75) is 252 Å². The third kappa shape index (κ3) is 33.5. The van der Waals surface area contributed by atoms with E-state index in [-0.39, 0.29) is 11.9 Å². The number of carbonyl (C=O) groups excluding carboxylic acids is 2. The monoisotopic (exact) mass is 778 g/mol. The third-order valence-corrected chi connectivity index (χ3v) is 12.1. The summed E-state index contributed by atoms with van der Waals surface area (Å²) >= 11 is 0. The van der Waals surface area contributed by atoms with Crippen molar-refractivity contribution in [1.82, 2.24) is 4.90 Å². The van der Waals surface area contributed by atoms with Crippen molar-refractivity contribution in [1.29, 1.82) is 0 Å². The van der Waals surface area contributed by atoms with Gasteiger partial charge in [0, 0.05) is 19.4 Å². The smallest absolute Gasteiger partial charge is 0.306 e. The minimum Gasteiger partial charge on any atom is -0.466 e. The van der Waals surface area contributed by atoms with Gasteiger partial charge in [0.1, 0.15) is 0 Å². The quantitative estimate of drug-likeness (QED) is 0.0454. The van der Waals surface area contributed by atoms with Gasteiger partial charge in [0.05, 0.1) is 25.9 Å². The Morgan fingerprint density at radius 1 is 0.436 bits per heavy atom. The first-order chi connectivity index (χ1) is 27.0. The molecule has 6 heteroatoms. The predicted molar refractivity (Wildman–Crippen MR) is 235 cm³/mol. The van der Waals surface area contributed by atoms with Crippen LogP contribution in [0.1, 0.15) is 246 Å². The van der Waals surface area contributed by atoms with Gasteiger partial charge in [0.25, 0.3) is 0 Å². The molecule has 1 fully saturated rings. The molecule has 0 atom stereocenters. The van der Waals surface area contributed by atoms with Crippen LogP contribution >= 0.6 is 0 Å². The maximum absolute atomic E-state index is 12.5. The molecule has 0 saturated carbocycles. The Morgan fingerprint density at radius 3 is 1.16 bits per heavy atom. The van der Waals surface area contributed by atoms with Crippen molar-refractivity contribution in [2.75, 3.05) is 39.5 Å². The normalized spacial score (nSPS) is 13.5. The van der Waals surface area contributed by atoms with Crippen molar-refractivity contribution in [3.05, 3.63) is 0 Å². The zero-order valence-electron chi connectivity index (χ0n) is 37.5. The summed E-state index contributed by atoms with van der Waals surface area (Å²) in [6, 6.07) is 0. The van der Waals surface area contributed by atoms with Crippen LogP contribution in [0.15, 0.2) is 0 Å². The zero-order valence-corrected chi connectivity index (χ0v) is 37.5. The molecule has 1 heterocycles. The van der Waals surface area contributed by atoms with E-state index in [1.165, 1.54) is 193 Å². The van der Waals surface area contributed by atoms with Crippen molar-refractivity contribution in [2.24, 2.45) is 11.8 Å². The van der Waals surface area contributed by atoms with Crippen molar-refractivity contribution in [3.63, 3.8) is 0 Å². The van der Waals surface area contributed by atoms with E-state index in [1.54, 1.807) is 0 Å². The molecule has 0 aromatic heterocycles. The number of unbranched alkanes of at least 4 members (excludes halogenated alkanes) is 18. The van der Waals surface area contributed by atoms with Crippen LogP contribution in [-0.4, -0.2) is 62.4 Å². The number of hydrogen-bond acceptors (Lipinski definition) is 6. The summed E-state index contributed by atoms with van der Waals surface area (Å²) in [5.74, 6) is 1.08. The maximum Gasteiger partial charge on any atom is 0.306 e. The number of rotatable bonds is 42. The fraction of sp³-hybridized carbons (Fsp3) is 0.959. The van der Waals surface area contributed by atoms with Gasteiger partial charge in [-0.15, -0.1) is 0 Å². The highest BCUT2D eigenvalue weighted by Crippen LogP contribution is 2.23. The first-order valence-electron chi connectivity index (χ1n) is 24.7. The number of hydrogen-bond donors (Lipinski definition) is 0. The van der Waals surface area contributed by atoms with E-state index in [2.05, 4.69) is 32.6 Å². The molecule has 0 aliphatic carbocycles. The average molecular weight is 778 g/mol. The molecule has 0 aromatic carbocycles. The van der Waals surface area contributed by atoms with Crippen molar-refractivity contribution >= 4 is 11.9 Å². The lowest BCUT2D eigenvalue weighted by Gasteiger charge is -2.21. The molecule has 0 aromatic rings. The van der Waals surface area contributed by atoms with Crippen LogP contribution < -0.4 is 0 Å². The first kappa shape index (κ1) is 51.9. The molecule has 0 amide bonds. The molecule has 0 unspecified atom stereocenters. The van der Waals surface area contributed by atoms with E-state index < -0.39 is 0 Å². The summed E-state index contributed by atoms with van der Waals surface area (Å²) in [6.07, 6.45) is 40.7. The molecule has 326 valence electrons. The largest absolute Gasteiger partial charge is 0.466 e. The number of likely N-dealkylation sites (tertiary alicyclic amines) is 1. The lowest BCUT2D eigenvalue weighted by Crippen LogP contribution is -2.26. The van der Waals surface area contributed by atoms with Gasteiger partial charge >= 0.3 is 11.9 Å². The van der Waals surface area contributed by atoms with Gasteiger partial charge in [-0.2, -0.15) is 0 Å². The highest BCUT2D eigenvalue weighted by Gasteiger charge is 2.17. The fourth-order valence-electron chi connectivity index (χ4n) is 8.42. The highest BCUT2D eigenvalue weighted by atomic mass is 16.5. The molecule has 1 saturated heterocycles. The Balaban J connectivity index is 2.19. The summed E-state index contributed by atoms with van der Waals surface area (Å²) in [5.41, 5.74) is 0. The first-order valence-corrected chi connectivity index (χ1v) is 24.7. The van der Waals surface area contributed by atoms with Gasteiger partial charge in [0.15, 0.2) is 0 Å². The summed E-state index contributed by atoms with van der Waals surface area (Å²) < 4.78 is 17.8. The standard InChI is InChI=1S/C49H95NO5/c1-5-9-21-31-45(32-22-10-6-2)43-48(51)54-40-29-19-15-13-17-25-35-47(53-42-39-50-37-27-28-38-50)36-26-18-14-16-20-30-41-55-49(52)44-46(33-23-11-7-3)34-24-12-8-4/h45-47H,5-44H2,1-4H3. The number of ether oxygens (including phenoxy) is 3.